The van der Waals surface area contributed by atoms with Gasteiger partial charge in [-0.05, 0) is 12.5 Å². The van der Waals surface area contributed by atoms with Crippen molar-refractivity contribution < 1.29 is 21.5 Å². The van der Waals surface area contributed by atoms with E-state index in [2.05, 4.69) is 64.9 Å². The highest BCUT2D eigenvalue weighted by molar-refractivity contribution is 6.75. The van der Waals surface area contributed by atoms with Crippen LogP contribution in [0.1, 0.15) is 11.1 Å². The van der Waals surface area contributed by atoms with Gasteiger partial charge in [-0.1, -0.05) is 43.9 Å². The number of aryl methyl sites for hydroxylation is 1. The van der Waals surface area contributed by atoms with Crippen LogP contribution in [0.2, 0.25) is 19.6 Å². The summed E-state index contributed by atoms with van der Waals surface area (Å²) in [5.41, 5.74) is 2.91. The van der Waals surface area contributed by atoms with E-state index >= 15 is 0 Å². The van der Waals surface area contributed by atoms with Crippen molar-refractivity contribution in [2.45, 2.75) is 33.1 Å². The number of quaternary nitrogens is 1. The van der Waals surface area contributed by atoms with Gasteiger partial charge >= 0.3 is 0 Å². The van der Waals surface area contributed by atoms with Crippen LogP contribution in [0.4, 0.5) is 0 Å². The zero-order valence-corrected chi connectivity index (χ0v) is 14.6. The zero-order valence-electron chi connectivity index (χ0n) is 12.0. The highest BCUT2D eigenvalue weighted by atomic mass is 79.9. The smallest absolute Gasteiger partial charge is 0.110 e. The second kappa shape index (κ2) is 6.16. The fraction of sp³-hybridized carbons (Fsp3) is 0.571. The Bertz CT molecular complexity index is 355. The van der Waals surface area contributed by atoms with E-state index in [1.165, 1.54) is 17.3 Å². The van der Waals surface area contributed by atoms with Crippen LogP contribution >= 0.6 is 0 Å². The van der Waals surface area contributed by atoms with Gasteiger partial charge in [-0.15, -0.1) is 0 Å². The summed E-state index contributed by atoms with van der Waals surface area (Å²) in [7, 11) is 3.71. The third-order valence-corrected chi connectivity index (χ3v) is 4.57. The molecule has 0 saturated carbocycles. The first-order valence-corrected chi connectivity index (χ1v) is 9.77. The lowest BCUT2D eigenvalue weighted by Crippen LogP contribution is -3.00. The molecule has 17 heavy (non-hydrogen) atoms. The zero-order chi connectivity index (χ0) is 12.4. The first kappa shape index (κ1) is 16.9. The van der Waals surface area contributed by atoms with Crippen LogP contribution in [0, 0.1) is 6.92 Å². The molecule has 1 nitrogen and oxygen atoms in total. The quantitative estimate of drug-likeness (QED) is 0.559. The second-order valence-corrected chi connectivity index (χ2v) is 12.2. The molecule has 0 aromatic heterocycles. The van der Waals surface area contributed by atoms with E-state index in [-0.39, 0.29) is 17.0 Å². The Morgan fingerprint density at radius 1 is 1.06 bits per heavy atom. The number of hydrogen-bond acceptors (Lipinski definition) is 0. The highest BCUT2D eigenvalue weighted by Gasteiger charge is 2.26. The van der Waals surface area contributed by atoms with E-state index < -0.39 is 8.07 Å². The summed E-state index contributed by atoms with van der Waals surface area (Å²) < 4.78 is 1.11. The molecule has 0 spiro atoms. The van der Waals surface area contributed by atoms with Gasteiger partial charge in [0.05, 0.1) is 20.3 Å². The molecule has 0 unspecified atom stereocenters. The van der Waals surface area contributed by atoms with Gasteiger partial charge in [-0.3, -0.25) is 0 Å². The van der Waals surface area contributed by atoms with E-state index in [0.717, 1.165) is 11.0 Å². The van der Waals surface area contributed by atoms with E-state index in [0.29, 0.717) is 0 Å². The Morgan fingerprint density at radius 2 is 1.59 bits per heavy atom. The number of rotatable bonds is 4. The second-order valence-electron chi connectivity index (χ2n) is 6.74. The Balaban J connectivity index is 0.00000256. The molecule has 0 heterocycles. The first-order valence-electron chi connectivity index (χ1n) is 6.06. The van der Waals surface area contributed by atoms with Crippen LogP contribution in [0.25, 0.3) is 0 Å². The number of hydrogen-bond donors (Lipinski definition) is 0. The molecule has 0 aliphatic rings. The van der Waals surface area contributed by atoms with Crippen LogP contribution in [0.3, 0.4) is 0 Å². The van der Waals surface area contributed by atoms with Crippen molar-refractivity contribution in [2.75, 3.05) is 20.3 Å². The van der Waals surface area contributed by atoms with Crippen LogP contribution in [0.5, 0.6) is 0 Å². The van der Waals surface area contributed by atoms with E-state index in [4.69, 9.17) is 0 Å². The van der Waals surface area contributed by atoms with Crippen molar-refractivity contribution in [3.63, 3.8) is 0 Å². The molecular formula is C14H26BrNSi. The third kappa shape index (κ3) is 6.39. The Morgan fingerprint density at radius 3 is 2.06 bits per heavy atom. The normalized spacial score (nSPS) is 12.1. The number of benzene rings is 1. The fourth-order valence-electron chi connectivity index (χ4n) is 2.59. The monoisotopic (exact) mass is 315 g/mol. The van der Waals surface area contributed by atoms with E-state index in [1.54, 1.807) is 0 Å². The van der Waals surface area contributed by atoms with Crippen LogP contribution in [0.15, 0.2) is 24.3 Å². The summed E-state index contributed by atoms with van der Waals surface area (Å²) in [5, 5.41) is 0. The summed E-state index contributed by atoms with van der Waals surface area (Å²) in [4.78, 5) is 0. The largest absolute Gasteiger partial charge is 1.00 e. The minimum atomic E-state index is -0.992. The number of nitrogens with zero attached hydrogens (tertiary/aromatic N) is 1. The predicted octanol–water partition coefficient (Wildman–Crippen LogP) is 0.453. The summed E-state index contributed by atoms with van der Waals surface area (Å²) in [6, 6.07) is 8.75. The van der Waals surface area contributed by atoms with Gasteiger partial charge in [-0.25, -0.2) is 0 Å². The molecule has 0 atom stereocenters. The van der Waals surface area contributed by atoms with E-state index in [9.17, 15) is 0 Å². The molecule has 0 aliphatic carbocycles. The summed E-state index contributed by atoms with van der Waals surface area (Å²) in [6.45, 7) is 10.7. The van der Waals surface area contributed by atoms with Gasteiger partial charge in [0.1, 0.15) is 14.6 Å². The molecule has 0 aliphatic heterocycles. The molecule has 0 fully saturated rings. The average Bonchev–Trinajstić information content (AvgIpc) is 2.04. The fourth-order valence-corrected chi connectivity index (χ4v) is 5.27. The van der Waals surface area contributed by atoms with Gasteiger partial charge in [0.2, 0.25) is 0 Å². The molecule has 1 rings (SSSR count). The molecule has 3 heteroatoms. The van der Waals surface area contributed by atoms with Crippen molar-refractivity contribution in [3.05, 3.63) is 35.4 Å². The predicted molar refractivity (Wildman–Crippen MR) is 75.2 cm³/mol. The summed E-state index contributed by atoms with van der Waals surface area (Å²) in [5.74, 6) is 0. The Labute approximate surface area is 118 Å². The van der Waals surface area contributed by atoms with Gasteiger partial charge in [-0.2, -0.15) is 0 Å². The van der Waals surface area contributed by atoms with Gasteiger partial charge < -0.3 is 21.5 Å². The molecule has 98 valence electrons. The molecule has 0 saturated heterocycles. The standard InChI is InChI=1S/C14H26NSi.BrH/c1-13-9-7-8-10-14(13)11-15(2,3)12-16(4,5)6;/h7-10H,11-12H2,1-6H3;1H/q+1;/p-1. The van der Waals surface area contributed by atoms with Crippen molar-refractivity contribution in [3.8, 4) is 0 Å². The molecule has 1 aromatic rings. The van der Waals surface area contributed by atoms with Crippen LogP contribution < -0.4 is 17.0 Å². The molecule has 0 radical (unpaired) electrons. The van der Waals surface area contributed by atoms with Crippen molar-refractivity contribution in [2.24, 2.45) is 0 Å². The first-order chi connectivity index (χ1) is 7.20. The maximum Gasteiger partial charge on any atom is 0.110 e. The van der Waals surface area contributed by atoms with Crippen molar-refractivity contribution in [1.29, 1.82) is 0 Å². The van der Waals surface area contributed by atoms with Crippen LogP contribution in [-0.2, 0) is 6.54 Å². The average molecular weight is 316 g/mol. The third-order valence-electron chi connectivity index (χ3n) is 2.76. The molecule has 0 amide bonds. The highest BCUT2D eigenvalue weighted by Crippen LogP contribution is 2.16. The topological polar surface area (TPSA) is 0 Å². The van der Waals surface area contributed by atoms with Crippen molar-refractivity contribution in [1.82, 2.24) is 0 Å². The lowest BCUT2D eigenvalue weighted by molar-refractivity contribution is -0.894. The van der Waals surface area contributed by atoms with Gasteiger partial charge in [0.15, 0.2) is 0 Å². The maximum atomic E-state index is 2.45. The van der Waals surface area contributed by atoms with Crippen molar-refractivity contribution >= 4 is 8.07 Å². The number of halogens is 1. The molecule has 0 N–H and O–H groups in total. The van der Waals surface area contributed by atoms with Gasteiger partial charge in [0.25, 0.3) is 0 Å². The molecule has 1 aromatic carbocycles. The minimum Gasteiger partial charge on any atom is -1.00 e. The Kier molecular flexibility index (Phi) is 6.12. The maximum absolute atomic E-state index is 2.45. The minimum absolute atomic E-state index is 0. The molecule has 0 bridgehead atoms. The summed E-state index contributed by atoms with van der Waals surface area (Å²) in [6.07, 6.45) is 1.33. The lowest BCUT2D eigenvalue weighted by atomic mass is 10.1. The van der Waals surface area contributed by atoms with Crippen LogP contribution in [-0.4, -0.2) is 32.8 Å². The van der Waals surface area contributed by atoms with Gasteiger partial charge in [0, 0.05) is 5.56 Å². The lowest BCUT2D eigenvalue weighted by Gasteiger charge is -2.35. The van der Waals surface area contributed by atoms with E-state index in [1.807, 2.05) is 0 Å². The summed E-state index contributed by atoms with van der Waals surface area (Å²) >= 11 is 0. The Hall–Kier alpha value is -0.123. The molecular weight excluding hydrogens is 290 g/mol. The SMILES string of the molecule is Cc1ccccc1C[N+](C)(C)C[Si](C)(C)C.[Br-].